The third-order valence-corrected chi connectivity index (χ3v) is 6.40. The smallest absolute Gasteiger partial charge is 0.317 e. The van der Waals surface area contributed by atoms with Gasteiger partial charge in [0, 0.05) is 24.2 Å². The molecule has 2 aliphatic rings. The SMILES string of the molecule is CC(C)Oc1ccc(-c2nc(-c3cccc4c3CC[C@@H]4NC(=O)N3CC[C@@H](O)C3)no2)cc1C#N. The molecule has 2 N–H and O–H groups in total. The van der Waals surface area contributed by atoms with Gasteiger partial charge in [0.25, 0.3) is 5.89 Å². The second kappa shape index (κ2) is 9.39. The first-order valence-electron chi connectivity index (χ1n) is 11.8. The number of hydrogen-bond acceptors (Lipinski definition) is 7. The van der Waals surface area contributed by atoms with Gasteiger partial charge in [-0.3, -0.25) is 0 Å². The highest BCUT2D eigenvalue weighted by Gasteiger charge is 2.31. The van der Waals surface area contributed by atoms with Gasteiger partial charge in [-0.15, -0.1) is 0 Å². The van der Waals surface area contributed by atoms with E-state index < -0.39 is 6.10 Å². The molecule has 2 amide bonds. The Bertz CT molecular complexity index is 1300. The van der Waals surface area contributed by atoms with Crippen molar-refractivity contribution in [2.24, 2.45) is 0 Å². The lowest BCUT2D eigenvalue weighted by molar-refractivity contribution is 0.170. The van der Waals surface area contributed by atoms with Gasteiger partial charge in [0.05, 0.1) is 23.8 Å². The van der Waals surface area contributed by atoms with Crippen molar-refractivity contribution < 1.29 is 19.2 Å². The molecule has 2 aromatic carbocycles. The number of aromatic nitrogens is 2. The van der Waals surface area contributed by atoms with Gasteiger partial charge in [-0.25, -0.2) is 4.79 Å². The minimum Gasteiger partial charge on any atom is -0.490 e. The highest BCUT2D eigenvalue weighted by molar-refractivity contribution is 5.76. The molecule has 2 heterocycles. The van der Waals surface area contributed by atoms with E-state index in [0.29, 0.717) is 48.1 Å². The minimum atomic E-state index is -0.446. The van der Waals surface area contributed by atoms with E-state index in [4.69, 9.17) is 9.26 Å². The number of amides is 2. The van der Waals surface area contributed by atoms with E-state index in [1.54, 1.807) is 23.1 Å². The average Bonchev–Trinajstić information content (AvgIpc) is 3.59. The second-order valence-electron chi connectivity index (χ2n) is 9.22. The molecule has 1 aromatic heterocycles. The number of aliphatic hydroxyl groups is 1. The largest absolute Gasteiger partial charge is 0.490 e. The summed E-state index contributed by atoms with van der Waals surface area (Å²) in [5.41, 5.74) is 4.04. The highest BCUT2D eigenvalue weighted by atomic mass is 16.5. The van der Waals surface area contributed by atoms with Gasteiger partial charge >= 0.3 is 6.03 Å². The van der Waals surface area contributed by atoms with Gasteiger partial charge in [-0.1, -0.05) is 23.4 Å². The molecular formula is C26H27N5O4. The molecule has 0 bridgehead atoms. The van der Waals surface area contributed by atoms with Gasteiger partial charge < -0.3 is 24.6 Å². The molecule has 1 aliphatic heterocycles. The van der Waals surface area contributed by atoms with E-state index in [-0.39, 0.29) is 18.2 Å². The van der Waals surface area contributed by atoms with Crippen molar-refractivity contribution in [3.8, 4) is 34.7 Å². The van der Waals surface area contributed by atoms with Crippen LogP contribution in [0.2, 0.25) is 0 Å². The first-order chi connectivity index (χ1) is 16.9. The Morgan fingerprint density at radius 3 is 2.91 bits per heavy atom. The van der Waals surface area contributed by atoms with Gasteiger partial charge in [0.15, 0.2) is 0 Å². The number of hydrogen-bond donors (Lipinski definition) is 2. The Morgan fingerprint density at radius 1 is 1.31 bits per heavy atom. The van der Waals surface area contributed by atoms with E-state index in [0.717, 1.165) is 29.5 Å². The summed E-state index contributed by atoms with van der Waals surface area (Å²) in [4.78, 5) is 18.9. The number of rotatable bonds is 5. The van der Waals surface area contributed by atoms with Crippen LogP contribution < -0.4 is 10.1 Å². The number of fused-ring (bicyclic) bond motifs is 1. The standard InChI is InChI=1S/C26H27N5O4/c1-15(2)34-23-9-6-16(12-17(23)13-27)25-29-24(30-35-25)21-5-3-4-20-19(21)7-8-22(20)28-26(33)31-11-10-18(32)14-31/h3-6,9,12,15,18,22,32H,7-8,10-11,14H2,1-2H3,(H,28,33)/t18-,22+/m1/s1. The van der Waals surface area contributed by atoms with Crippen LogP contribution in [0.5, 0.6) is 5.75 Å². The molecule has 1 saturated heterocycles. The van der Waals surface area contributed by atoms with Crippen LogP contribution in [0.25, 0.3) is 22.8 Å². The van der Waals surface area contributed by atoms with Crippen LogP contribution >= 0.6 is 0 Å². The zero-order valence-corrected chi connectivity index (χ0v) is 19.7. The minimum absolute atomic E-state index is 0.0429. The van der Waals surface area contributed by atoms with Crippen molar-refractivity contribution in [3.63, 3.8) is 0 Å². The van der Waals surface area contributed by atoms with Crippen molar-refractivity contribution in [1.82, 2.24) is 20.4 Å². The second-order valence-corrected chi connectivity index (χ2v) is 9.22. The van der Waals surface area contributed by atoms with Crippen LogP contribution in [0.3, 0.4) is 0 Å². The molecule has 0 unspecified atom stereocenters. The van der Waals surface area contributed by atoms with E-state index in [2.05, 4.69) is 21.5 Å². The summed E-state index contributed by atoms with van der Waals surface area (Å²) in [7, 11) is 0. The number of β-amino-alcohol motifs (C(OH)–C–C–N with tert-alkyl or cyclic N) is 1. The Morgan fingerprint density at radius 2 is 2.17 bits per heavy atom. The van der Waals surface area contributed by atoms with Crippen LogP contribution in [0, 0.1) is 11.3 Å². The molecule has 180 valence electrons. The summed E-state index contributed by atoms with van der Waals surface area (Å²) in [5, 5.41) is 26.6. The summed E-state index contributed by atoms with van der Waals surface area (Å²) in [5.74, 6) is 1.30. The molecule has 1 fully saturated rings. The summed E-state index contributed by atoms with van der Waals surface area (Å²) in [6, 6.07) is 13.0. The van der Waals surface area contributed by atoms with Crippen molar-refractivity contribution in [1.29, 1.82) is 5.26 Å². The molecule has 9 nitrogen and oxygen atoms in total. The molecule has 9 heteroatoms. The fraction of sp³-hybridized carbons (Fsp3) is 0.385. The number of aliphatic hydroxyl groups excluding tert-OH is 1. The zero-order valence-electron chi connectivity index (χ0n) is 19.7. The predicted octanol–water partition coefficient (Wildman–Crippen LogP) is 3.83. The highest BCUT2D eigenvalue weighted by Crippen LogP contribution is 2.38. The normalized spacial score (nSPS) is 19.0. The van der Waals surface area contributed by atoms with Crippen molar-refractivity contribution >= 4 is 6.03 Å². The van der Waals surface area contributed by atoms with Gasteiger partial charge in [-0.2, -0.15) is 10.2 Å². The van der Waals surface area contributed by atoms with Gasteiger partial charge in [0.2, 0.25) is 5.82 Å². The lowest BCUT2D eigenvalue weighted by Crippen LogP contribution is -2.40. The number of benzene rings is 2. The van der Waals surface area contributed by atoms with Crippen LogP contribution in [0.1, 0.15) is 49.4 Å². The number of nitrogens with zero attached hydrogens (tertiary/aromatic N) is 4. The molecule has 3 aromatic rings. The molecule has 0 radical (unpaired) electrons. The van der Waals surface area contributed by atoms with Crippen LogP contribution in [0.4, 0.5) is 4.79 Å². The first-order valence-corrected chi connectivity index (χ1v) is 11.8. The van der Waals surface area contributed by atoms with Crippen molar-refractivity contribution in [3.05, 3.63) is 53.1 Å². The van der Waals surface area contributed by atoms with E-state index in [1.807, 2.05) is 32.0 Å². The van der Waals surface area contributed by atoms with Crippen molar-refractivity contribution in [2.75, 3.05) is 13.1 Å². The van der Waals surface area contributed by atoms with E-state index in [9.17, 15) is 15.2 Å². The fourth-order valence-corrected chi connectivity index (χ4v) is 4.74. The van der Waals surface area contributed by atoms with E-state index >= 15 is 0 Å². The maximum Gasteiger partial charge on any atom is 0.317 e. The first kappa shape index (κ1) is 22.9. The number of nitriles is 1. The Kier molecular flexibility index (Phi) is 6.14. The molecule has 0 saturated carbocycles. The Hall–Kier alpha value is -3.90. The number of carbonyl (C=O) groups is 1. The molecule has 0 spiro atoms. The number of likely N-dealkylation sites (tertiary alicyclic amines) is 1. The van der Waals surface area contributed by atoms with E-state index in [1.165, 1.54) is 0 Å². The molecular weight excluding hydrogens is 446 g/mol. The molecule has 1 aliphatic carbocycles. The summed E-state index contributed by atoms with van der Waals surface area (Å²) in [6.45, 7) is 4.75. The Labute approximate surface area is 203 Å². The maximum atomic E-state index is 12.6. The summed E-state index contributed by atoms with van der Waals surface area (Å²) >= 11 is 0. The van der Waals surface area contributed by atoms with Gasteiger partial charge in [-0.05, 0) is 62.4 Å². The Balaban J connectivity index is 1.37. The van der Waals surface area contributed by atoms with Crippen LogP contribution in [-0.4, -0.2) is 51.5 Å². The quantitative estimate of drug-likeness (QED) is 0.577. The third kappa shape index (κ3) is 4.57. The monoisotopic (exact) mass is 473 g/mol. The predicted molar refractivity (Wildman–Crippen MR) is 127 cm³/mol. The molecule has 2 atom stereocenters. The lowest BCUT2D eigenvalue weighted by atomic mass is 10.0. The van der Waals surface area contributed by atoms with Crippen molar-refractivity contribution in [2.45, 2.75) is 51.4 Å². The maximum absolute atomic E-state index is 12.6. The number of carbonyl (C=O) groups excluding carboxylic acids is 1. The topological polar surface area (TPSA) is 125 Å². The van der Waals surface area contributed by atoms with Crippen LogP contribution in [0.15, 0.2) is 40.9 Å². The zero-order chi connectivity index (χ0) is 24.5. The summed E-state index contributed by atoms with van der Waals surface area (Å²) < 4.78 is 11.2. The lowest BCUT2D eigenvalue weighted by Gasteiger charge is -2.21. The fourth-order valence-electron chi connectivity index (χ4n) is 4.74. The summed E-state index contributed by atoms with van der Waals surface area (Å²) in [6.07, 6.45) is 1.69. The van der Waals surface area contributed by atoms with Crippen LogP contribution in [-0.2, 0) is 6.42 Å². The number of urea groups is 1. The average molecular weight is 474 g/mol. The van der Waals surface area contributed by atoms with Gasteiger partial charge in [0.1, 0.15) is 11.8 Å². The molecule has 35 heavy (non-hydrogen) atoms. The molecule has 5 rings (SSSR count). The number of ether oxygens (including phenoxy) is 1. The number of nitrogens with one attached hydrogen (secondary N) is 1. The third-order valence-electron chi connectivity index (χ3n) is 6.40.